The predicted octanol–water partition coefficient (Wildman–Crippen LogP) is 1.91. The van der Waals surface area contributed by atoms with Crippen LogP contribution < -0.4 is 5.14 Å². The van der Waals surface area contributed by atoms with Crippen LogP contribution in [0.2, 0.25) is 0 Å². The van der Waals surface area contributed by atoms with E-state index < -0.39 is 10.0 Å². The molecule has 0 radical (unpaired) electrons. The molecule has 0 saturated heterocycles. The monoisotopic (exact) mass is 203 g/mol. The summed E-state index contributed by atoms with van der Waals surface area (Å²) in [5.41, 5.74) is 1.01. The zero-order chi connectivity index (χ0) is 10.5. The van der Waals surface area contributed by atoms with Crippen LogP contribution >= 0.6 is 0 Å². The van der Waals surface area contributed by atoms with Crippen LogP contribution in [0.4, 0.5) is 0 Å². The minimum Gasteiger partial charge on any atom is -0.225 e. The van der Waals surface area contributed by atoms with Gasteiger partial charge in [-0.25, -0.2) is 13.6 Å². The quantitative estimate of drug-likeness (QED) is 0.758. The third-order valence-electron chi connectivity index (χ3n) is 1.35. The van der Waals surface area contributed by atoms with Crippen LogP contribution in [0.1, 0.15) is 20.8 Å². The molecule has 0 aromatic heterocycles. The van der Waals surface area contributed by atoms with Crippen molar-refractivity contribution in [3.8, 4) is 0 Å². The summed E-state index contributed by atoms with van der Waals surface area (Å²) in [5, 5.41) is 4.88. The van der Waals surface area contributed by atoms with Crippen LogP contribution in [0.25, 0.3) is 0 Å². The van der Waals surface area contributed by atoms with E-state index in [9.17, 15) is 8.42 Å². The normalized spacial score (nSPS) is 10.2. The van der Waals surface area contributed by atoms with Gasteiger partial charge in [-0.15, -0.1) is 0 Å². The summed E-state index contributed by atoms with van der Waals surface area (Å²) < 4.78 is 21.4. The van der Waals surface area contributed by atoms with E-state index in [1.165, 1.54) is 12.1 Å². The number of aryl methyl sites for hydroxylation is 1. The highest BCUT2D eigenvalue weighted by atomic mass is 32.2. The van der Waals surface area contributed by atoms with Gasteiger partial charge in [-0.05, 0) is 19.1 Å². The first kappa shape index (κ1) is 12.1. The largest absolute Gasteiger partial charge is 0.238 e. The van der Waals surface area contributed by atoms with Crippen molar-refractivity contribution in [3.05, 3.63) is 29.8 Å². The number of hydrogen-bond acceptors (Lipinski definition) is 2. The lowest BCUT2D eigenvalue weighted by atomic mass is 10.2. The Morgan fingerprint density at radius 2 is 1.54 bits per heavy atom. The maximum Gasteiger partial charge on any atom is 0.238 e. The van der Waals surface area contributed by atoms with Gasteiger partial charge in [-0.2, -0.15) is 0 Å². The van der Waals surface area contributed by atoms with E-state index in [1.54, 1.807) is 12.1 Å². The molecule has 0 amide bonds. The standard InChI is InChI=1S/C7H9NO2S.C2H6.H2/c1-6-2-4-7(5-3-6)11(8,9)10;1-2;/h2-5H,1H3,(H2,8,9,10);1-2H3;1H. The van der Waals surface area contributed by atoms with E-state index in [2.05, 4.69) is 0 Å². The van der Waals surface area contributed by atoms with Crippen molar-refractivity contribution < 1.29 is 9.84 Å². The number of sulfonamides is 1. The Bertz CT molecular complexity index is 346. The van der Waals surface area contributed by atoms with Crippen molar-refractivity contribution in [3.63, 3.8) is 0 Å². The second kappa shape index (κ2) is 4.99. The van der Waals surface area contributed by atoms with Crippen molar-refractivity contribution in [2.24, 2.45) is 5.14 Å². The predicted molar refractivity (Wildman–Crippen MR) is 56.0 cm³/mol. The number of primary sulfonamides is 1. The summed E-state index contributed by atoms with van der Waals surface area (Å²) in [6.07, 6.45) is 0. The molecule has 0 unspecified atom stereocenters. The third kappa shape index (κ3) is 4.05. The fourth-order valence-electron chi connectivity index (χ4n) is 0.728. The Labute approximate surface area is 81.1 Å². The molecular formula is C9H17NO2S. The molecule has 0 heterocycles. The zero-order valence-corrected chi connectivity index (χ0v) is 8.93. The van der Waals surface area contributed by atoms with Gasteiger partial charge in [-0.1, -0.05) is 31.5 Å². The van der Waals surface area contributed by atoms with Gasteiger partial charge in [0.15, 0.2) is 0 Å². The average molecular weight is 203 g/mol. The summed E-state index contributed by atoms with van der Waals surface area (Å²) in [7, 11) is -3.52. The van der Waals surface area contributed by atoms with E-state index >= 15 is 0 Å². The van der Waals surface area contributed by atoms with Gasteiger partial charge in [0.25, 0.3) is 0 Å². The van der Waals surface area contributed by atoms with Crippen molar-refractivity contribution in [2.75, 3.05) is 0 Å². The Hall–Kier alpha value is -0.870. The summed E-state index contributed by atoms with van der Waals surface area (Å²) in [4.78, 5) is 0.156. The van der Waals surface area contributed by atoms with Crippen LogP contribution in [-0.4, -0.2) is 8.42 Å². The second-order valence-electron chi connectivity index (χ2n) is 2.36. The zero-order valence-electron chi connectivity index (χ0n) is 8.11. The van der Waals surface area contributed by atoms with Gasteiger partial charge in [0, 0.05) is 1.43 Å². The third-order valence-corrected chi connectivity index (χ3v) is 2.28. The van der Waals surface area contributed by atoms with E-state index in [-0.39, 0.29) is 6.32 Å². The summed E-state index contributed by atoms with van der Waals surface area (Å²) >= 11 is 0. The molecule has 0 aliphatic rings. The molecule has 0 saturated carbocycles. The van der Waals surface area contributed by atoms with Crippen LogP contribution in [0, 0.1) is 6.92 Å². The van der Waals surface area contributed by atoms with Crippen LogP contribution in [0.15, 0.2) is 29.2 Å². The molecule has 0 bridgehead atoms. The molecule has 0 fully saturated rings. The highest BCUT2D eigenvalue weighted by molar-refractivity contribution is 7.89. The maximum atomic E-state index is 10.7. The van der Waals surface area contributed by atoms with Gasteiger partial charge in [0.2, 0.25) is 10.0 Å². The molecule has 1 aromatic rings. The fraction of sp³-hybridized carbons (Fsp3) is 0.333. The lowest BCUT2D eigenvalue weighted by Gasteiger charge is -1.96. The molecule has 0 aliphatic heterocycles. The average Bonchev–Trinajstić information content (AvgIpc) is 2.07. The van der Waals surface area contributed by atoms with Crippen LogP contribution in [-0.2, 0) is 10.0 Å². The maximum absolute atomic E-state index is 10.7. The van der Waals surface area contributed by atoms with E-state index in [4.69, 9.17) is 5.14 Å². The second-order valence-corrected chi connectivity index (χ2v) is 3.92. The summed E-state index contributed by atoms with van der Waals surface area (Å²) in [6.45, 7) is 5.88. The molecule has 2 N–H and O–H groups in total. The Morgan fingerprint density at radius 1 is 1.15 bits per heavy atom. The van der Waals surface area contributed by atoms with Crippen molar-refractivity contribution >= 4 is 10.0 Å². The highest BCUT2D eigenvalue weighted by Crippen LogP contribution is 2.06. The fourth-order valence-corrected chi connectivity index (χ4v) is 1.24. The first-order chi connectivity index (χ1) is 6.00. The number of benzene rings is 1. The molecule has 13 heavy (non-hydrogen) atoms. The summed E-state index contributed by atoms with van der Waals surface area (Å²) in [5.74, 6) is 0. The molecule has 1 aromatic carbocycles. The highest BCUT2D eigenvalue weighted by Gasteiger charge is 2.04. The molecule has 0 atom stereocenters. The number of nitrogens with two attached hydrogens (primary N) is 1. The molecule has 0 aliphatic carbocycles. The lowest BCUT2D eigenvalue weighted by Crippen LogP contribution is -2.11. The Morgan fingerprint density at radius 3 is 1.85 bits per heavy atom. The van der Waals surface area contributed by atoms with Gasteiger partial charge in [0.05, 0.1) is 4.90 Å². The van der Waals surface area contributed by atoms with Crippen LogP contribution in [0.3, 0.4) is 0 Å². The molecule has 1 rings (SSSR count). The minimum absolute atomic E-state index is 0. The van der Waals surface area contributed by atoms with E-state index in [0.29, 0.717) is 0 Å². The van der Waals surface area contributed by atoms with Gasteiger partial charge in [0.1, 0.15) is 0 Å². The minimum atomic E-state index is -3.52. The van der Waals surface area contributed by atoms with Crippen molar-refractivity contribution in [1.29, 1.82) is 0 Å². The van der Waals surface area contributed by atoms with Gasteiger partial charge >= 0.3 is 0 Å². The first-order valence-corrected chi connectivity index (χ1v) is 5.64. The SMILES string of the molecule is CC.Cc1ccc(S(N)(=O)=O)cc1.[HH]. The molecule has 3 nitrogen and oxygen atoms in total. The first-order valence-electron chi connectivity index (χ1n) is 4.09. The molecular weight excluding hydrogens is 186 g/mol. The van der Waals surface area contributed by atoms with E-state index in [0.717, 1.165) is 5.56 Å². The Balaban J connectivity index is 0. The number of rotatable bonds is 1. The molecule has 76 valence electrons. The molecule has 0 spiro atoms. The Kier molecular flexibility index (Phi) is 4.66. The van der Waals surface area contributed by atoms with Crippen molar-refractivity contribution in [2.45, 2.75) is 25.7 Å². The van der Waals surface area contributed by atoms with Crippen LogP contribution in [0.5, 0.6) is 0 Å². The van der Waals surface area contributed by atoms with Gasteiger partial charge < -0.3 is 0 Å². The van der Waals surface area contributed by atoms with Gasteiger partial charge in [-0.3, -0.25) is 0 Å². The lowest BCUT2D eigenvalue weighted by molar-refractivity contribution is 0.598. The van der Waals surface area contributed by atoms with E-state index in [1.807, 2.05) is 20.8 Å². The summed E-state index contributed by atoms with van der Waals surface area (Å²) in [6, 6.07) is 6.40. The number of hydrogen-bond donors (Lipinski definition) is 1. The molecule has 4 heteroatoms. The smallest absolute Gasteiger partial charge is 0.225 e. The van der Waals surface area contributed by atoms with Crippen molar-refractivity contribution in [1.82, 2.24) is 0 Å². The topological polar surface area (TPSA) is 60.2 Å².